The molecule has 0 aromatic rings. The Morgan fingerprint density at radius 2 is 1.78 bits per heavy atom. The predicted molar refractivity (Wildman–Crippen MR) is 93.9 cm³/mol. The van der Waals surface area contributed by atoms with Crippen LogP contribution in [0.1, 0.15) is 60.3 Å². The van der Waals surface area contributed by atoms with E-state index in [2.05, 4.69) is 33.4 Å². The molecule has 3 heteroatoms. The van der Waals surface area contributed by atoms with Gasteiger partial charge in [-0.25, -0.2) is 0 Å². The SMILES string of the molecule is C=C/C(C)=C/C[C@@H]1[C@@](C)(O)[C@H](O)[C@H](O)[C@@H]2C(C)(C)CCC[C@]21C. The van der Waals surface area contributed by atoms with Crippen molar-refractivity contribution >= 4 is 0 Å². The molecule has 0 amide bonds. The Kier molecular flexibility index (Phi) is 4.89. The molecule has 0 radical (unpaired) electrons. The van der Waals surface area contributed by atoms with Crippen LogP contribution in [0.2, 0.25) is 0 Å². The number of aliphatic hydroxyl groups excluding tert-OH is 2. The molecule has 0 heterocycles. The molecule has 2 rings (SSSR count). The summed E-state index contributed by atoms with van der Waals surface area (Å²) in [5, 5.41) is 32.5. The number of rotatable bonds is 3. The van der Waals surface area contributed by atoms with Crippen molar-refractivity contribution in [2.45, 2.75) is 78.1 Å². The van der Waals surface area contributed by atoms with E-state index in [-0.39, 0.29) is 22.7 Å². The van der Waals surface area contributed by atoms with E-state index < -0.39 is 17.8 Å². The molecule has 0 saturated heterocycles. The van der Waals surface area contributed by atoms with Crippen LogP contribution >= 0.6 is 0 Å². The maximum atomic E-state index is 11.1. The molecule has 0 aromatic heterocycles. The van der Waals surface area contributed by atoms with Crippen molar-refractivity contribution in [1.29, 1.82) is 0 Å². The summed E-state index contributed by atoms with van der Waals surface area (Å²) in [6.07, 6.45) is 5.73. The van der Waals surface area contributed by atoms with Crippen LogP contribution in [0.3, 0.4) is 0 Å². The Hall–Kier alpha value is -0.640. The summed E-state index contributed by atoms with van der Waals surface area (Å²) in [7, 11) is 0. The van der Waals surface area contributed by atoms with Gasteiger partial charge in [-0.2, -0.15) is 0 Å². The zero-order chi connectivity index (χ0) is 17.6. The van der Waals surface area contributed by atoms with Gasteiger partial charge in [-0.05, 0) is 55.8 Å². The molecule has 3 N–H and O–H groups in total. The number of hydrogen-bond acceptors (Lipinski definition) is 3. The van der Waals surface area contributed by atoms with Crippen LogP contribution in [0.15, 0.2) is 24.3 Å². The summed E-state index contributed by atoms with van der Waals surface area (Å²) in [5.74, 6) is -0.103. The van der Waals surface area contributed by atoms with Gasteiger partial charge < -0.3 is 15.3 Å². The van der Waals surface area contributed by atoms with E-state index >= 15 is 0 Å². The van der Waals surface area contributed by atoms with Crippen LogP contribution < -0.4 is 0 Å². The maximum Gasteiger partial charge on any atom is 0.109 e. The Morgan fingerprint density at radius 1 is 1.17 bits per heavy atom. The molecular formula is C20H34O3. The van der Waals surface area contributed by atoms with Gasteiger partial charge in [-0.3, -0.25) is 0 Å². The lowest BCUT2D eigenvalue weighted by Crippen LogP contribution is -2.69. The first-order valence-electron chi connectivity index (χ1n) is 8.86. The fraction of sp³-hybridized carbons (Fsp3) is 0.800. The van der Waals surface area contributed by atoms with Crippen molar-refractivity contribution in [3.05, 3.63) is 24.3 Å². The minimum Gasteiger partial charge on any atom is -0.390 e. The number of allylic oxidation sites excluding steroid dienone is 3. The standard InChI is InChI=1S/C20H34O3/c1-7-13(2)9-10-14-19(5)12-8-11-18(3,4)16(19)15(21)17(22)20(14,6)23/h7,9,14-17,21-23H,1,8,10-12H2,2-6H3/b13-9+/t14-,15+,16+,17+,19-,20+/m0/s1. The van der Waals surface area contributed by atoms with Crippen molar-refractivity contribution in [1.82, 2.24) is 0 Å². The third kappa shape index (κ3) is 2.92. The molecule has 23 heavy (non-hydrogen) atoms. The van der Waals surface area contributed by atoms with Gasteiger partial charge in [-0.1, -0.05) is 51.5 Å². The fourth-order valence-corrected chi connectivity index (χ4v) is 5.67. The Bertz CT molecular complexity index is 491. The first-order chi connectivity index (χ1) is 10.5. The average Bonchev–Trinajstić information content (AvgIpc) is 2.43. The second-order valence-corrected chi connectivity index (χ2v) is 8.93. The summed E-state index contributed by atoms with van der Waals surface area (Å²) < 4.78 is 0. The van der Waals surface area contributed by atoms with E-state index in [0.29, 0.717) is 6.42 Å². The van der Waals surface area contributed by atoms with E-state index in [4.69, 9.17) is 0 Å². The third-order valence-corrected chi connectivity index (χ3v) is 6.85. The molecule has 2 aliphatic rings. The molecule has 2 aliphatic carbocycles. The van der Waals surface area contributed by atoms with Crippen LogP contribution in [-0.2, 0) is 0 Å². The van der Waals surface area contributed by atoms with Gasteiger partial charge in [0.05, 0.1) is 11.7 Å². The molecule has 0 unspecified atom stereocenters. The molecule has 0 aromatic carbocycles. The lowest BCUT2D eigenvalue weighted by atomic mass is 9.43. The van der Waals surface area contributed by atoms with Gasteiger partial charge >= 0.3 is 0 Å². The van der Waals surface area contributed by atoms with Crippen LogP contribution in [0.25, 0.3) is 0 Å². The fourth-order valence-electron chi connectivity index (χ4n) is 5.67. The first kappa shape index (κ1) is 18.7. The van der Waals surface area contributed by atoms with Gasteiger partial charge in [0.1, 0.15) is 6.10 Å². The largest absolute Gasteiger partial charge is 0.390 e. The molecule has 2 saturated carbocycles. The molecule has 3 nitrogen and oxygen atoms in total. The normalized spacial score (nSPS) is 47.0. The number of hydrogen-bond donors (Lipinski definition) is 3. The second-order valence-electron chi connectivity index (χ2n) is 8.93. The number of fused-ring (bicyclic) bond motifs is 1. The maximum absolute atomic E-state index is 11.1. The van der Waals surface area contributed by atoms with Crippen LogP contribution in [0.4, 0.5) is 0 Å². The summed E-state index contributed by atoms with van der Waals surface area (Å²) in [6.45, 7) is 14.0. The zero-order valence-electron chi connectivity index (χ0n) is 15.3. The first-order valence-corrected chi connectivity index (χ1v) is 8.86. The zero-order valence-corrected chi connectivity index (χ0v) is 15.3. The van der Waals surface area contributed by atoms with E-state index in [1.807, 2.05) is 13.0 Å². The Balaban J connectivity index is 2.49. The monoisotopic (exact) mass is 322 g/mol. The van der Waals surface area contributed by atoms with Gasteiger partial charge in [0.2, 0.25) is 0 Å². The summed E-state index contributed by atoms with van der Waals surface area (Å²) in [5.41, 5.74) is -0.450. The van der Waals surface area contributed by atoms with Crippen LogP contribution in [-0.4, -0.2) is 33.1 Å². The van der Waals surface area contributed by atoms with Crippen molar-refractivity contribution in [3.63, 3.8) is 0 Å². The molecule has 0 spiro atoms. The molecule has 0 aliphatic heterocycles. The molecule has 2 fully saturated rings. The molecule has 132 valence electrons. The predicted octanol–water partition coefficient (Wildman–Crippen LogP) is 3.44. The smallest absolute Gasteiger partial charge is 0.109 e. The average molecular weight is 322 g/mol. The van der Waals surface area contributed by atoms with E-state index in [9.17, 15) is 15.3 Å². The second kappa shape index (κ2) is 6.02. The highest BCUT2D eigenvalue weighted by molar-refractivity contribution is 5.18. The minimum atomic E-state index is -1.30. The van der Waals surface area contributed by atoms with E-state index in [1.165, 1.54) is 0 Å². The van der Waals surface area contributed by atoms with Crippen molar-refractivity contribution in [2.75, 3.05) is 0 Å². The lowest BCUT2D eigenvalue weighted by Gasteiger charge is -2.64. The van der Waals surface area contributed by atoms with E-state index in [0.717, 1.165) is 24.8 Å². The van der Waals surface area contributed by atoms with Gasteiger partial charge in [0.15, 0.2) is 0 Å². The lowest BCUT2D eigenvalue weighted by molar-refractivity contribution is -0.265. The molecular weight excluding hydrogens is 288 g/mol. The summed E-state index contributed by atoms with van der Waals surface area (Å²) >= 11 is 0. The van der Waals surface area contributed by atoms with Crippen molar-refractivity contribution in [3.8, 4) is 0 Å². The highest BCUT2D eigenvalue weighted by atomic mass is 16.4. The van der Waals surface area contributed by atoms with Gasteiger partial charge in [0, 0.05) is 0 Å². The topological polar surface area (TPSA) is 60.7 Å². The quantitative estimate of drug-likeness (QED) is 0.698. The number of aliphatic hydroxyl groups is 3. The Labute approximate surface area is 141 Å². The van der Waals surface area contributed by atoms with Crippen LogP contribution in [0.5, 0.6) is 0 Å². The Morgan fingerprint density at radius 3 is 2.35 bits per heavy atom. The van der Waals surface area contributed by atoms with Crippen molar-refractivity contribution < 1.29 is 15.3 Å². The molecule has 0 bridgehead atoms. The molecule has 6 atom stereocenters. The summed E-state index contributed by atoms with van der Waals surface area (Å²) in [6, 6.07) is 0. The van der Waals surface area contributed by atoms with Gasteiger partial charge in [-0.15, -0.1) is 0 Å². The highest BCUT2D eigenvalue weighted by Gasteiger charge is 2.64. The van der Waals surface area contributed by atoms with Crippen LogP contribution in [0, 0.1) is 22.7 Å². The highest BCUT2D eigenvalue weighted by Crippen LogP contribution is 2.62. The van der Waals surface area contributed by atoms with Gasteiger partial charge in [0.25, 0.3) is 0 Å². The third-order valence-electron chi connectivity index (χ3n) is 6.85. The van der Waals surface area contributed by atoms with E-state index in [1.54, 1.807) is 6.92 Å². The summed E-state index contributed by atoms with van der Waals surface area (Å²) in [4.78, 5) is 0. The van der Waals surface area contributed by atoms with Crippen molar-refractivity contribution in [2.24, 2.45) is 22.7 Å². The minimum absolute atomic E-state index is 0.0126.